The summed E-state index contributed by atoms with van der Waals surface area (Å²) in [4.78, 5) is 45.7. The molecular weight excluding hydrogens is 528 g/mol. The zero-order valence-electron chi connectivity index (χ0n) is 22.0. The van der Waals surface area contributed by atoms with Crippen LogP contribution >= 0.6 is 0 Å². The molecule has 0 radical (unpaired) electrons. The topological polar surface area (TPSA) is 215 Å². The molecule has 14 heteroatoms. The number of nitro benzene ring substituents is 2. The molecule has 3 rings (SSSR count). The first-order valence-electron chi connectivity index (χ1n) is 12.4. The van der Waals surface area contributed by atoms with Gasteiger partial charge in [0.1, 0.15) is 17.4 Å². The molecule has 4 unspecified atom stereocenters. The fourth-order valence-electron chi connectivity index (χ4n) is 4.79. The minimum absolute atomic E-state index is 0.162. The van der Waals surface area contributed by atoms with Crippen molar-refractivity contribution in [3.05, 3.63) is 68.3 Å². The van der Waals surface area contributed by atoms with Crippen molar-refractivity contribution in [2.24, 2.45) is 22.9 Å². The van der Waals surface area contributed by atoms with Gasteiger partial charge in [0.2, 0.25) is 0 Å². The molecular formula is C26H30N4O10. The van der Waals surface area contributed by atoms with Crippen molar-refractivity contribution < 1.29 is 39.5 Å². The minimum Gasteiger partial charge on any atom is -0.494 e. The highest BCUT2D eigenvalue weighted by Crippen LogP contribution is 2.46. The van der Waals surface area contributed by atoms with Gasteiger partial charge in [0.15, 0.2) is 0 Å². The fourth-order valence-corrected chi connectivity index (χ4v) is 4.79. The van der Waals surface area contributed by atoms with E-state index in [2.05, 4.69) is 10.5 Å². The number of non-ortho nitro benzene ring substituents is 1. The number of hydrogen-bond acceptors (Lipinski definition) is 10. The molecule has 4 atom stereocenters. The summed E-state index contributed by atoms with van der Waals surface area (Å²) in [6, 6.07) is 9.03. The number of hydrogen-bond donors (Lipinski definition) is 4. The van der Waals surface area contributed by atoms with E-state index in [1.807, 2.05) is 13.8 Å². The van der Waals surface area contributed by atoms with Crippen LogP contribution in [0.25, 0.3) is 0 Å². The van der Waals surface area contributed by atoms with Crippen molar-refractivity contribution in [1.82, 2.24) is 0 Å². The minimum atomic E-state index is -1.95. The summed E-state index contributed by atoms with van der Waals surface area (Å²) in [7, 11) is 0. The second-order valence-electron chi connectivity index (χ2n) is 10.2. The molecule has 1 aliphatic rings. The quantitative estimate of drug-likeness (QED) is 0.228. The summed E-state index contributed by atoms with van der Waals surface area (Å²) in [5.74, 6) is -6.22. The van der Waals surface area contributed by atoms with E-state index in [0.717, 1.165) is 24.6 Å². The third kappa shape index (κ3) is 6.69. The Labute approximate surface area is 228 Å². The molecule has 0 heterocycles. The average Bonchev–Trinajstić information content (AvgIpc) is 2.85. The number of hydrazone groups is 1. The second kappa shape index (κ2) is 12.1. The first-order valence-corrected chi connectivity index (χ1v) is 12.4. The molecule has 1 fully saturated rings. The molecule has 214 valence electrons. The number of ether oxygens (including phenoxy) is 1. The Hall–Kier alpha value is -4.59. The van der Waals surface area contributed by atoms with Crippen molar-refractivity contribution >= 4 is 34.7 Å². The maximum Gasteiger partial charge on any atom is 0.312 e. The third-order valence-corrected chi connectivity index (χ3v) is 6.76. The van der Waals surface area contributed by atoms with Gasteiger partial charge in [0.25, 0.3) is 5.69 Å². The Morgan fingerprint density at radius 3 is 2.27 bits per heavy atom. The van der Waals surface area contributed by atoms with E-state index in [-0.39, 0.29) is 11.4 Å². The van der Waals surface area contributed by atoms with E-state index in [0.29, 0.717) is 23.8 Å². The average molecular weight is 559 g/mol. The van der Waals surface area contributed by atoms with Gasteiger partial charge in [0.05, 0.1) is 39.8 Å². The number of nitrogens with zero attached hydrogens (tertiary/aromatic N) is 3. The van der Waals surface area contributed by atoms with Crippen LogP contribution in [0.5, 0.6) is 5.75 Å². The standard InChI is InChI=1S/C26H30N4O10/c1-14(2)10-11-40-17-7-4-15(5-8-17)21-22(24(31)32)19(13-26(3,35)23(21)25(33)34)28-27-18-9-6-16(29(36)37)12-20(18)30(38)39/h4-9,12,14,21-23,27,35H,10-11,13H2,1-3H3,(H,31,32)(H,33,34). The van der Waals surface area contributed by atoms with Crippen molar-refractivity contribution in [3.63, 3.8) is 0 Å². The van der Waals surface area contributed by atoms with Gasteiger partial charge in [-0.2, -0.15) is 5.10 Å². The highest BCUT2D eigenvalue weighted by atomic mass is 16.6. The lowest BCUT2D eigenvalue weighted by atomic mass is 9.61. The number of carboxylic acid groups (broad SMARTS) is 2. The number of benzene rings is 2. The summed E-state index contributed by atoms with van der Waals surface area (Å²) in [5.41, 5.74) is -0.877. The van der Waals surface area contributed by atoms with Gasteiger partial charge in [-0.25, -0.2) is 0 Å². The molecule has 2 aromatic rings. The van der Waals surface area contributed by atoms with Gasteiger partial charge in [0, 0.05) is 18.4 Å². The number of anilines is 1. The Kier molecular flexibility index (Phi) is 9.04. The van der Waals surface area contributed by atoms with Crippen LogP contribution in [0.4, 0.5) is 17.1 Å². The summed E-state index contributed by atoms with van der Waals surface area (Å²) in [6.45, 7) is 5.81. The SMILES string of the molecule is CC(C)CCOc1ccc(C2C(C(=O)O)C(=NNc3ccc([N+](=O)[O-])cc3[N+](=O)[O-])CC(C)(O)C2C(=O)O)cc1. The lowest BCUT2D eigenvalue weighted by molar-refractivity contribution is -0.393. The van der Waals surface area contributed by atoms with Crippen LogP contribution < -0.4 is 10.2 Å². The van der Waals surface area contributed by atoms with Gasteiger partial charge < -0.3 is 20.1 Å². The maximum atomic E-state index is 12.5. The Bertz CT molecular complexity index is 1320. The van der Waals surface area contributed by atoms with E-state index in [9.17, 15) is 45.1 Å². The normalized spacial score (nSPS) is 23.5. The molecule has 0 saturated heterocycles. The van der Waals surface area contributed by atoms with E-state index < -0.39 is 62.9 Å². The summed E-state index contributed by atoms with van der Waals surface area (Å²) >= 11 is 0. The van der Waals surface area contributed by atoms with E-state index >= 15 is 0 Å². The van der Waals surface area contributed by atoms with Crippen molar-refractivity contribution in [2.75, 3.05) is 12.0 Å². The molecule has 0 bridgehead atoms. The molecule has 2 aromatic carbocycles. The number of aliphatic hydroxyl groups is 1. The van der Waals surface area contributed by atoms with Gasteiger partial charge in [-0.15, -0.1) is 0 Å². The van der Waals surface area contributed by atoms with E-state index in [1.54, 1.807) is 12.1 Å². The molecule has 0 aromatic heterocycles. The molecule has 0 amide bonds. The third-order valence-electron chi connectivity index (χ3n) is 6.76. The number of rotatable bonds is 11. The van der Waals surface area contributed by atoms with Gasteiger partial charge in [-0.3, -0.25) is 35.2 Å². The predicted octanol–water partition coefficient (Wildman–Crippen LogP) is 4.04. The van der Waals surface area contributed by atoms with E-state index in [4.69, 9.17) is 4.74 Å². The van der Waals surface area contributed by atoms with Crippen LogP contribution in [-0.4, -0.2) is 55.0 Å². The van der Waals surface area contributed by atoms with Gasteiger partial charge >= 0.3 is 17.6 Å². The van der Waals surface area contributed by atoms with Gasteiger partial charge in [-0.05, 0) is 43.0 Å². The maximum absolute atomic E-state index is 12.5. The van der Waals surface area contributed by atoms with Crippen molar-refractivity contribution in [1.29, 1.82) is 0 Å². The summed E-state index contributed by atoms with van der Waals surface area (Å²) in [6.07, 6.45) is 0.344. The smallest absolute Gasteiger partial charge is 0.312 e. The van der Waals surface area contributed by atoms with Crippen LogP contribution in [0.3, 0.4) is 0 Å². The molecule has 14 nitrogen and oxygen atoms in total. The Balaban J connectivity index is 2.03. The summed E-state index contributed by atoms with van der Waals surface area (Å²) < 4.78 is 5.70. The van der Waals surface area contributed by atoms with Crippen LogP contribution in [-0.2, 0) is 9.59 Å². The zero-order valence-corrected chi connectivity index (χ0v) is 22.0. The number of carbonyl (C=O) groups is 2. The monoisotopic (exact) mass is 558 g/mol. The lowest BCUT2D eigenvalue weighted by Crippen LogP contribution is -2.54. The van der Waals surface area contributed by atoms with Crippen LogP contribution in [0, 0.1) is 38.0 Å². The highest BCUT2D eigenvalue weighted by molar-refractivity contribution is 6.05. The number of nitro groups is 2. The zero-order chi connectivity index (χ0) is 29.8. The van der Waals surface area contributed by atoms with Crippen LogP contribution in [0.15, 0.2) is 47.6 Å². The molecule has 4 N–H and O–H groups in total. The predicted molar refractivity (Wildman–Crippen MR) is 142 cm³/mol. The molecule has 1 saturated carbocycles. The molecule has 1 aliphatic carbocycles. The first kappa shape index (κ1) is 30.0. The van der Waals surface area contributed by atoms with E-state index in [1.165, 1.54) is 19.1 Å². The fraction of sp³-hybridized carbons (Fsp3) is 0.423. The summed E-state index contributed by atoms with van der Waals surface area (Å²) in [5, 5.41) is 57.9. The Morgan fingerprint density at radius 1 is 1.10 bits per heavy atom. The number of aliphatic carboxylic acids is 2. The van der Waals surface area contributed by atoms with Crippen LogP contribution in [0.2, 0.25) is 0 Å². The molecule has 0 spiro atoms. The van der Waals surface area contributed by atoms with Crippen LogP contribution in [0.1, 0.15) is 45.1 Å². The largest absolute Gasteiger partial charge is 0.494 e. The number of carboxylic acids is 2. The molecule has 0 aliphatic heterocycles. The lowest BCUT2D eigenvalue weighted by Gasteiger charge is -2.44. The second-order valence-corrected chi connectivity index (χ2v) is 10.2. The first-order chi connectivity index (χ1) is 18.7. The number of nitrogens with one attached hydrogen (secondary N) is 1. The Morgan fingerprint density at radius 2 is 1.75 bits per heavy atom. The van der Waals surface area contributed by atoms with Crippen molar-refractivity contribution in [2.45, 2.75) is 45.1 Å². The van der Waals surface area contributed by atoms with Crippen molar-refractivity contribution in [3.8, 4) is 5.75 Å². The van der Waals surface area contributed by atoms with Gasteiger partial charge in [-0.1, -0.05) is 26.0 Å². The molecule has 40 heavy (non-hydrogen) atoms. The highest BCUT2D eigenvalue weighted by Gasteiger charge is 2.55.